The Bertz CT molecular complexity index is 537. The zero-order chi connectivity index (χ0) is 11.3. The van der Waals surface area contributed by atoms with Crippen molar-refractivity contribution in [1.29, 1.82) is 0 Å². The predicted octanol–water partition coefficient (Wildman–Crippen LogP) is 2.03. The Labute approximate surface area is 103 Å². The molecule has 1 saturated carbocycles. The van der Waals surface area contributed by atoms with E-state index in [9.17, 15) is 8.42 Å². The van der Waals surface area contributed by atoms with Crippen molar-refractivity contribution in [1.82, 2.24) is 5.32 Å². The van der Waals surface area contributed by atoms with E-state index in [0.29, 0.717) is 10.9 Å². The van der Waals surface area contributed by atoms with Crippen molar-refractivity contribution in [3.63, 3.8) is 0 Å². The van der Waals surface area contributed by atoms with Gasteiger partial charge in [0.1, 0.15) is 0 Å². The maximum Gasteiger partial charge on any atom is 0.180 e. The summed E-state index contributed by atoms with van der Waals surface area (Å²) in [6, 6.07) is 5.90. The summed E-state index contributed by atoms with van der Waals surface area (Å²) < 4.78 is 24.8. The van der Waals surface area contributed by atoms with E-state index in [1.54, 1.807) is 12.1 Å². The number of fused-ring (bicyclic) bond motifs is 1. The quantitative estimate of drug-likeness (QED) is 0.909. The van der Waals surface area contributed by atoms with Gasteiger partial charge in [-0.2, -0.15) is 0 Å². The topological polar surface area (TPSA) is 46.2 Å². The highest BCUT2D eigenvalue weighted by atomic mass is 79.9. The molecule has 86 valence electrons. The summed E-state index contributed by atoms with van der Waals surface area (Å²) in [6.45, 7) is 0. The Morgan fingerprint density at radius 2 is 2.06 bits per heavy atom. The maximum absolute atomic E-state index is 11.9. The van der Waals surface area contributed by atoms with Crippen LogP contribution in [0.5, 0.6) is 0 Å². The number of rotatable bonds is 2. The number of halogens is 1. The highest BCUT2D eigenvalue weighted by molar-refractivity contribution is 9.10. The first kappa shape index (κ1) is 10.7. The molecule has 1 aliphatic heterocycles. The zero-order valence-electron chi connectivity index (χ0n) is 8.61. The van der Waals surface area contributed by atoms with Crippen molar-refractivity contribution >= 4 is 25.8 Å². The van der Waals surface area contributed by atoms with Crippen LogP contribution < -0.4 is 5.32 Å². The summed E-state index contributed by atoms with van der Waals surface area (Å²) in [4.78, 5) is 0.494. The minimum Gasteiger partial charge on any atom is -0.306 e. The monoisotopic (exact) mass is 301 g/mol. The van der Waals surface area contributed by atoms with Crippen LogP contribution in [-0.2, 0) is 9.84 Å². The van der Waals surface area contributed by atoms with E-state index in [0.717, 1.165) is 10.0 Å². The molecular weight excluding hydrogens is 290 g/mol. The van der Waals surface area contributed by atoms with E-state index >= 15 is 0 Å². The summed E-state index contributed by atoms with van der Waals surface area (Å²) in [5.41, 5.74) is 0.918. The molecule has 3 nitrogen and oxygen atoms in total. The molecule has 1 fully saturated rings. The summed E-state index contributed by atoms with van der Waals surface area (Å²) in [6.07, 6.45) is 2.33. The second kappa shape index (κ2) is 3.55. The van der Waals surface area contributed by atoms with Crippen LogP contribution in [0, 0.1) is 0 Å². The Balaban J connectivity index is 2.04. The smallest absolute Gasteiger partial charge is 0.180 e. The molecule has 1 aliphatic carbocycles. The van der Waals surface area contributed by atoms with E-state index in [2.05, 4.69) is 21.2 Å². The van der Waals surface area contributed by atoms with E-state index in [-0.39, 0.29) is 11.8 Å². The van der Waals surface area contributed by atoms with Crippen LogP contribution in [0.4, 0.5) is 0 Å². The Hall–Kier alpha value is -0.390. The van der Waals surface area contributed by atoms with Crippen molar-refractivity contribution in [3.8, 4) is 0 Å². The van der Waals surface area contributed by atoms with Crippen molar-refractivity contribution in [3.05, 3.63) is 28.2 Å². The van der Waals surface area contributed by atoms with Crippen LogP contribution >= 0.6 is 15.9 Å². The van der Waals surface area contributed by atoms with Gasteiger partial charge in [-0.1, -0.05) is 15.9 Å². The van der Waals surface area contributed by atoms with Gasteiger partial charge in [0.2, 0.25) is 0 Å². The normalized spacial score (nSPS) is 26.7. The third-order valence-electron chi connectivity index (χ3n) is 3.08. The molecule has 0 spiro atoms. The van der Waals surface area contributed by atoms with Gasteiger partial charge in [-0.05, 0) is 36.6 Å². The molecule has 0 aromatic heterocycles. The molecule has 1 heterocycles. The van der Waals surface area contributed by atoms with Gasteiger partial charge in [0.05, 0.1) is 10.6 Å². The molecule has 0 radical (unpaired) electrons. The molecular formula is C11H12BrNO2S. The van der Waals surface area contributed by atoms with Crippen LogP contribution in [0.25, 0.3) is 0 Å². The van der Waals surface area contributed by atoms with Gasteiger partial charge in [0.15, 0.2) is 9.84 Å². The fraction of sp³-hybridized carbons (Fsp3) is 0.455. The molecule has 16 heavy (non-hydrogen) atoms. The fourth-order valence-corrected chi connectivity index (χ4v) is 4.25. The fourth-order valence-electron chi connectivity index (χ4n) is 2.15. The first-order valence-electron chi connectivity index (χ1n) is 5.34. The molecule has 1 N–H and O–H groups in total. The molecule has 0 saturated heterocycles. The average Bonchev–Trinajstić information content (AvgIpc) is 2.95. The number of sulfone groups is 1. The van der Waals surface area contributed by atoms with Crippen molar-refractivity contribution in [2.24, 2.45) is 0 Å². The number of benzene rings is 1. The molecule has 2 aliphatic rings. The molecule has 1 aromatic rings. The SMILES string of the molecule is O=S1(=O)CC(NC2CC2)c2cc(Br)ccc21. The maximum atomic E-state index is 11.9. The lowest BCUT2D eigenvalue weighted by molar-refractivity contribution is 0.564. The van der Waals surface area contributed by atoms with E-state index < -0.39 is 9.84 Å². The Morgan fingerprint density at radius 1 is 1.31 bits per heavy atom. The van der Waals surface area contributed by atoms with Crippen LogP contribution in [0.3, 0.4) is 0 Å². The predicted molar refractivity (Wildman–Crippen MR) is 65.1 cm³/mol. The lowest BCUT2D eigenvalue weighted by atomic mass is 10.1. The molecule has 1 aromatic carbocycles. The van der Waals surface area contributed by atoms with Gasteiger partial charge < -0.3 is 5.32 Å². The summed E-state index contributed by atoms with van der Waals surface area (Å²) >= 11 is 3.39. The van der Waals surface area contributed by atoms with Crippen molar-refractivity contribution < 1.29 is 8.42 Å². The van der Waals surface area contributed by atoms with Gasteiger partial charge in [0.25, 0.3) is 0 Å². The molecule has 0 amide bonds. The highest BCUT2D eigenvalue weighted by Gasteiger charge is 2.37. The van der Waals surface area contributed by atoms with Crippen LogP contribution in [0.2, 0.25) is 0 Å². The minimum absolute atomic E-state index is 0.0231. The Morgan fingerprint density at radius 3 is 2.75 bits per heavy atom. The molecule has 1 atom stereocenters. The first-order valence-corrected chi connectivity index (χ1v) is 7.79. The number of hydrogen-bond donors (Lipinski definition) is 1. The molecule has 3 rings (SSSR count). The van der Waals surface area contributed by atoms with Gasteiger partial charge >= 0.3 is 0 Å². The lowest BCUT2D eigenvalue weighted by Gasteiger charge is -2.11. The first-order chi connectivity index (χ1) is 7.56. The van der Waals surface area contributed by atoms with Crippen LogP contribution in [0.15, 0.2) is 27.6 Å². The van der Waals surface area contributed by atoms with Gasteiger partial charge in [0, 0.05) is 16.6 Å². The van der Waals surface area contributed by atoms with E-state index in [1.807, 2.05) is 6.07 Å². The largest absolute Gasteiger partial charge is 0.306 e. The minimum atomic E-state index is -3.07. The van der Waals surface area contributed by atoms with Crippen LogP contribution in [-0.4, -0.2) is 20.2 Å². The second-order valence-electron chi connectivity index (χ2n) is 4.46. The van der Waals surface area contributed by atoms with Gasteiger partial charge in [-0.15, -0.1) is 0 Å². The zero-order valence-corrected chi connectivity index (χ0v) is 11.0. The van der Waals surface area contributed by atoms with E-state index in [4.69, 9.17) is 0 Å². The Kier molecular flexibility index (Phi) is 2.38. The van der Waals surface area contributed by atoms with E-state index in [1.165, 1.54) is 12.8 Å². The third-order valence-corrected chi connectivity index (χ3v) is 5.39. The molecule has 5 heteroatoms. The van der Waals surface area contributed by atoms with Crippen molar-refractivity contribution in [2.75, 3.05) is 5.75 Å². The highest BCUT2D eigenvalue weighted by Crippen LogP contribution is 2.37. The van der Waals surface area contributed by atoms with Gasteiger partial charge in [-0.3, -0.25) is 0 Å². The molecule has 0 bridgehead atoms. The summed E-state index contributed by atoms with van der Waals surface area (Å²) in [5, 5.41) is 3.39. The summed E-state index contributed by atoms with van der Waals surface area (Å²) in [7, 11) is -3.07. The number of hydrogen-bond acceptors (Lipinski definition) is 3. The van der Waals surface area contributed by atoms with Crippen molar-refractivity contribution in [2.45, 2.75) is 29.8 Å². The van der Waals surface area contributed by atoms with Crippen LogP contribution in [0.1, 0.15) is 24.4 Å². The lowest BCUT2D eigenvalue weighted by Crippen LogP contribution is -2.24. The standard InChI is InChI=1S/C11H12BrNO2S/c12-7-1-4-11-9(5-7)10(6-16(11,14)15)13-8-2-3-8/h1,4-5,8,10,13H,2-3,6H2. The van der Waals surface area contributed by atoms with Gasteiger partial charge in [-0.25, -0.2) is 8.42 Å². The summed E-state index contributed by atoms with van der Waals surface area (Å²) in [5.74, 6) is 0.204. The second-order valence-corrected chi connectivity index (χ2v) is 7.38. The molecule has 1 unspecified atom stereocenters. The average molecular weight is 302 g/mol. The number of nitrogens with one attached hydrogen (secondary N) is 1. The third kappa shape index (κ3) is 1.81.